The molecule has 1 aliphatic rings. The van der Waals surface area contributed by atoms with Crippen molar-refractivity contribution < 1.29 is 5.11 Å². The van der Waals surface area contributed by atoms with Crippen molar-refractivity contribution >= 4 is 0 Å². The van der Waals surface area contributed by atoms with E-state index in [9.17, 15) is 5.11 Å². The first kappa shape index (κ1) is 9.54. The zero-order valence-corrected chi connectivity index (χ0v) is 8.22. The van der Waals surface area contributed by atoms with Crippen LogP contribution in [0.15, 0.2) is 0 Å². The minimum absolute atomic E-state index is 0.202. The lowest BCUT2D eigenvalue weighted by Crippen LogP contribution is -2.22. The van der Waals surface area contributed by atoms with Crippen LogP contribution in [0.4, 0.5) is 0 Å². The van der Waals surface area contributed by atoms with Gasteiger partial charge in [0.15, 0.2) is 5.82 Å². The molecular formula is C8H15N5O. The largest absolute Gasteiger partial charge is 0.391 e. The average molecular weight is 197 g/mol. The molecule has 0 radical (unpaired) electrons. The Bertz CT molecular complexity index is 275. The number of hydrogen-bond acceptors (Lipinski definition) is 5. The van der Waals surface area contributed by atoms with E-state index >= 15 is 0 Å². The summed E-state index contributed by atoms with van der Waals surface area (Å²) in [6, 6.07) is 0. The van der Waals surface area contributed by atoms with Gasteiger partial charge >= 0.3 is 0 Å². The van der Waals surface area contributed by atoms with Crippen molar-refractivity contribution in [2.45, 2.75) is 26.0 Å². The summed E-state index contributed by atoms with van der Waals surface area (Å²) in [5.41, 5.74) is 0. The third-order valence-corrected chi connectivity index (χ3v) is 2.76. The van der Waals surface area contributed by atoms with Crippen molar-refractivity contribution in [1.82, 2.24) is 25.5 Å². The monoisotopic (exact) mass is 197 g/mol. The third kappa shape index (κ3) is 1.91. The van der Waals surface area contributed by atoms with E-state index < -0.39 is 0 Å². The number of β-amino-alcohol motifs (C(OH)–C–C–N with tert-alkyl or cyclic N) is 1. The number of aliphatic hydroxyl groups is 1. The second-order valence-electron chi connectivity index (χ2n) is 3.76. The number of hydrogen-bond donors (Lipinski definition) is 2. The van der Waals surface area contributed by atoms with Gasteiger partial charge < -0.3 is 5.11 Å². The summed E-state index contributed by atoms with van der Waals surface area (Å²) >= 11 is 0. The Hall–Kier alpha value is -1.01. The van der Waals surface area contributed by atoms with Gasteiger partial charge in [0.1, 0.15) is 0 Å². The molecule has 14 heavy (non-hydrogen) atoms. The van der Waals surface area contributed by atoms with E-state index in [0.717, 1.165) is 13.0 Å². The minimum atomic E-state index is -0.202. The van der Waals surface area contributed by atoms with Crippen LogP contribution >= 0.6 is 0 Å². The molecule has 2 rings (SSSR count). The maximum Gasteiger partial charge on any atom is 0.188 e. The molecule has 1 saturated heterocycles. The molecule has 0 bridgehead atoms. The summed E-state index contributed by atoms with van der Waals surface area (Å²) in [6.07, 6.45) is 0.816. The van der Waals surface area contributed by atoms with Crippen LogP contribution in [0.2, 0.25) is 0 Å². The molecule has 78 valence electrons. The van der Waals surface area contributed by atoms with E-state index in [-0.39, 0.29) is 6.10 Å². The molecule has 0 spiro atoms. The molecular weight excluding hydrogens is 182 g/mol. The Kier molecular flexibility index (Phi) is 2.74. The highest BCUT2D eigenvalue weighted by atomic mass is 16.3. The fourth-order valence-corrected chi connectivity index (χ4v) is 1.92. The first-order valence-electron chi connectivity index (χ1n) is 4.92. The van der Waals surface area contributed by atoms with Gasteiger partial charge in [0.25, 0.3) is 0 Å². The van der Waals surface area contributed by atoms with E-state index in [4.69, 9.17) is 0 Å². The molecule has 2 heterocycles. The Morgan fingerprint density at radius 3 is 3.00 bits per heavy atom. The lowest BCUT2D eigenvalue weighted by molar-refractivity contribution is 0.139. The molecule has 2 unspecified atom stereocenters. The van der Waals surface area contributed by atoms with Crippen molar-refractivity contribution in [3.63, 3.8) is 0 Å². The summed E-state index contributed by atoms with van der Waals surface area (Å²) in [5, 5.41) is 23.4. The zero-order valence-electron chi connectivity index (χ0n) is 8.22. The molecule has 1 aromatic heterocycles. The topological polar surface area (TPSA) is 77.9 Å². The van der Waals surface area contributed by atoms with Crippen LogP contribution in [0.25, 0.3) is 0 Å². The normalized spacial score (nSPS) is 28.4. The van der Waals surface area contributed by atoms with Gasteiger partial charge in [-0.25, -0.2) is 0 Å². The quantitative estimate of drug-likeness (QED) is 0.676. The van der Waals surface area contributed by atoms with Gasteiger partial charge in [-0.3, -0.25) is 4.90 Å². The smallest absolute Gasteiger partial charge is 0.188 e. The molecule has 2 atom stereocenters. The van der Waals surface area contributed by atoms with Gasteiger partial charge in [0, 0.05) is 13.1 Å². The number of H-pyrrole nitrogens is 1. The average Bonchev–Trinajstić information content (AvgIpc) is 2.76. The van der Waals surface area contributed by atoms with Crippen LogP contribution in [-0.4, -0.2) is 49.8 Å². The highest BCUT2D eigenvalue weighted by Crippen LogP contribution is 2.20. The van der Waals surface area contributed by atoms with Gasteiger partial charge in [-0.15, -0.1) is 10.2 Å². The first-order valence-corrected chi connectivity index (χ1v) is 4.92. The van der Waals surface area contributed by atoms with Crippen molar-refractivity contribution in [2.75, 3.05) is 13.1 Å². The standard InChI is InChI=1S/C8H15N5O/c1-2-6-3-13(4-7(6)14)5-8-9-11-12-10-8/h6-7,14H,2-5H2,1H3,(H,9,10,11,12). The molecule has 6 heteroatoms. The van der Waals surface area contributed by atoms with Gasteiger partial charge in [0.2, 0.25) is 0 Å². The Balaban J connectivity index is 1.89. The second-order valence-corrected chi connectivity index (χ2v) is 3.76. The fourth-order valence-electron chi connectivity index (χ4n) is 1.92. The van der Waals surface area contributed by atoms with Gasteiger partial charge in [0.05, 0.1) is 12.6 Å². The van der Waals surface area contributed by atoms with Crippen molar-refractivity contribution in [1.29, 1.82) is 0 Å². The number of likely N-dealkylation sites (tertiary alicyclic amines) is 1. The number of aromatic nitrogens is 4. The summed E-state index contributed by atoms with van der Waals surface area (Å²) < 4.78 is 0. The Morgan fingerprint density at radius 1 is 1.57 bits per heavy atom. The van der Waals surface area contributed by atoms with Crippen LogP contribution in [-0.2, 0) is 6.54 Å². The van der Waals surface area contributed by atoms with Crippen molar-refractivity contribution in [3.8, 4) is 0 Å². The maximum absolute atomic E-state index is 9.68. The van der Waals surface area contributed by atoms with Crippen LogP contribution in [0.1, 0.15) is 19.2 Å². The molecule has 1 fully saturated rings. The number of aromatic amines is 1. The molecule has 1 aliphatic heterocycles. The Morgan fingerprint density at radius 2 is 2.43 bits per heavy atom. The minimum Gasteiger partial charge on any atom is -0.391 e. The summed E-state index contributed by atoms with van der Waals surface area (Å²) in [5.74, 6) is 1.08. The maximum atomic E-state index is 9.68. The third-order valence-electron chi connectivity index (χ3n) is 2.76. The van der Waals surface area contributed by atoms with Gasteiger partial charge in [-0.1, -0.05) is 12.1 Å². The van der Waals surface area contributed by atoms with E-state index in [0.29, 0.717) is 24.8 Å². The van der Waals surface area contributed by atoms with Crippen LogP contribution in [0, 0.1) is 5.92 Å². The van der Waals surface area contributed by atoms with E-state index in [1.165, 1.54) is 0 Å². The van der Waals surface area contributed by atoms with E-state index in [1.54, 1.807) is 0 Å². The van der Waals surface area contributed by atoms with Crippen LogP contribution in [0.5, 0.6) is 0 Å². The number of nitrogens with zero attached hydrogens (tertiary/aromatic N) is 4. The SMILES string of the molecule is CCC1CN(Cc2nn[nH]n2)CC1O. The predicted octanol–water partition coefficient (Wildman–Crippen LogP) is -0.598. The molecule has 0 aliphatic carbocycles. The fraction of sp³-hybridized carbons (Fsp3) is 0.875. The number of rotatable bonds is 3. The van der Waals surface area contributed by atoms with Gasteiger partial charge in [-0.2, -0.15) is 5.21 Å². The summed E-state index contributed by atoms with van der Waals surface area (Å²) in [6.45, 7) is 4.41. The van der Waals surface area contributed by atoms with E-state index in [2.05, 4.69) is 32.4 Å². The predicted molar refractivity (Wildman–Crippen MR) is 49.2 cm³/mol. The highest BCUT2D eigenvalue weighted by molar-refractivity contribution is 4.86. The molecule has 1 aromatic rings. The van der Waals surface area contributed by atoms with Crippen molar-refractivity contribution in [2.24, 2.45) is 5.92 Å². The summed E-state index contributed by atoms with van der Waals surface area (Å²) in [4.78, 5) is 2.16. The molecule has 0 amide bonds. The Labute approximate surface area is 82.3 Å². The van der Waals surface area contributed by atoms with Crippen LogP contribution < -0.4 is 0 Å². The number of tetrazole rings is 1. The van der Waals surface area contributed by atoms with Gasteiger partial charge in [-0.05, 0) is 12.3 Å². The number of nitrogens with one attached hydrogen (secondary N) is 1. The zero-order chi connectivity index (χ0) is 9.97. The molecule has 0 saturated carbocycles. The van der Waals surface area contributed by atoms with Crippen LogP contribution in [0.3, 0.4) is 0 Å². The highest BCUT2D eigenvalue weighted by Gasteiger charge is 2.30. The molecule has 6 nitrogen and oxygen atoms in total. The summed E-state index contributed by atoms with van der Waals surface area (Å²) in [7, 11) is 0. The second kappa shape index (κ2) is 4.02. The molecule has 0 aromatic carbocycles. The number of aliphatic hydroxyl groups excluding tert-OH is 1. The first-order chi connectivity index (χ1) is 6.79. The lowest BCUT2D eigenvalue weighted by atomic mass is 10.0. The van der Waals surface area contributed by atoms with E-state index in [1.807, 2.05) is 0 Å². The molecule has 2 N–H and O–H groups in total. The lowest BCUT2D eigenvalue weighted by Gasteiger charge is -2.11. The van der Waals surface area contributed by atoms with Crippen molar-refractivity contribution in [3.05, 3.63) is 5.82 Å².